The van der Waals surface area contributed by atoms with Crippen molar-refractivity contribution in [2.75, 3.05) is 18.0 Å². The highest BCUT2D eigenvalue weighted by Crippen LogP contribution is 2.27. The van der Waals surface area contributed by atoms with Crippen LogP contribution < -0.4 is 16.2 Å². The van der Waals surface area contributed by atoms with E-state index in [1.807, 2.05) is 6.92 Å². The molecule has 18 heavy (non-hydrogen) atoms. The molecule has 1 aliphatic heterocycles. The van der Waals surface area contributed by atoms with Gasteiger partial charge in [0, 0.05) is 26.2 Å². The highest BCUT2D eigenvalue weighted by Gasteiger charge is 2.24. The van der Waals surface area contributed by atoms with E-state index in [0.717, 1.165) is 31.6 Å². The molecular weight excluding hydrogens is 252 g/mol. The zero-order valence-electron chi connectivity index (χ0n) is 10.8. The minimum atomic E-state index is -0.247. The number of anilines is 1. The Hall–Kier alpha value is -1.07. The van der Waals surface area contributed by atoms with E-state index >= 15 is 0 Å². The summed E-state index contributed by atoms with van der Waals surface area (Å²) in [6.07, 6.45) is 3.72. The zero-order valence-corrected chi connectivity index (χ0v) is 11.5. The van der Waals surface area contributed by atoms with Crippen LogP contribution >= 0.6 is 11.6 Å². The lowest BCUT2D eigenvalue weighted by Gasteiger charge is -2.35. The van der Waals surface area contributed by atoms with E-state index in [4.69, 9.17) is 17.3 Å². The van der Waals surface area contributed by atoms with E-state index < -0.39 is 0 Å². The fourth-order valence-electron chi connectivity index (χ4n) is 2.39. The van der Waals surface area contributed by atoms with Gasteiger partial charge in [0.25, 0.3) is 5.56 Å². The lowest BCUT2D eigenvalue weighted by molar-refractivity contribution is 0.354. The van der Waals surface area contributed by atoms with Crippen LogP contribution in [0.3, 0.4) is 0 Å². The Kier molecular flexibility index (Phi) is 3.92. The molecule has 1 aromatic rings. The summed E-state index contributed by atoms with van der Waals surface area (Å²) >= 11 is 6.09. The molecular formula is C12H19ClN4O. The number of hydrogen-bond acceptors (Lipinski definition) is 4. The molecule has 0 spiro atoms. The van der Waals surface area contributed by atoms with Gasteiger partial charge in [-0.05, 0) is 25.7 Å². The van der Waals surface area contributed by atoms with Crippen LogP contribution in [0.1, 0.15) is 19.8 Å². The van der Waals surface area contributed by atoms with Crippen LogP contribution in [0.2, 0.25) is 5.02 Å². The summed E-state index contributed by atoms with van der Waals surface area (Å²) in [5, 5.41) is 4.28. The molecule has 0 saturated carbocycles. The van der Waals surface area contributed by atoms with Crippen LogP contribution in [0.25, 0.3) is 0 Å². The van der Waals surface area contributed by atoms with Gasteiger partial charge < -0.3 is 10.6 Å². The Morgan fingerprint density at radius 3 is 2.67 bits per heavy atom. The number of hydrogen-bond donors (Lipinski definition) is 1. The first-order valence-corrected chi connectivity index (χ1v) is 6.61. The molecule has 1 atom stereocenters. The Labute approximate surface area is 112 Å². The third-order valence-electron chi connectivity index (χ3n) is 3.68. The largest absolute Gasteiger partial charge is 0.369 e. The second-order valence-corrected chi connectivity index (χ2v) is 5.33. The van der Waals surface area contributed by atoms with Crippen molar-refractivity contribution >= 4 is 17.3 Å². The van der Waals surface area contributed by atoms with E-state index in [-0.39, 0.29) is 16.6 Å². The molecule has 0 aliphatic carbocycles. The van der Waals surface area contributed by atoms with Crippen LogP contribution in [0.4, 0.5) is 5.69 Å². The molecule has 100 valence electrons. The van der Waals surface area contributed by atoms with Crippen molar-refractivity contribution in [2.24, 2.45) is 18.7 Å². The average Bonchev–Trinajstić information content (AvgIpc) is 2.36. The predicted octanol–water partition coefficient (Wildman–Crippen LogP) is 0.997. The Morgan fingerprint density at radius 2 is 2.11 bits per heavy atom. The van der Waals surface area contributed by atoms with E-state index in [9.17, 15) is 4.79 Å². The highest BCUT2D eigenvalue weighted by molar-refractivity contribution is 6.33. The molecule has 0 aromatic carbocycles. The first-order valence-electron chi connectivity index (χ1n) is 6.23. The van der Waals surface area contributed by atoms with Crippen molar-refractivity contribution in [1.29, 1.82) is 0 Å². The second-order valence-electron chi connectivity index (χ2n) is 4.96. The van der Waals surface area contributed by atoms with Crippen molar-refractivity contribution in [3.05, 3.63) is 21.6 Å². The number of rotatable bonds is 2. The summed E-state index contributed by atoms with van der Waals surface area (Å²) < 4.78 is 1.25. The SMILES string of the molecule is CC(N)C1CCN(c2cnn(C)c(=O)c2Cl)CC1. The Balaban J connectivity index is 2.15. The first kappa shape index (κ1) is 13.4. The molecule has 5 nitrogen and oxygen atoms in total. The van der Waals surface area contributed by atoms with E-state index in [2.05, 4.69) is 10.00 Å². The van der Waals surface area contributed by atoms with Crippen molar-refractivity contribution in [1.82, 2.24) is 9.78 Å². The third-order valence-corrected chi connectivity index (χ3v) is 4.04. The average molecular weight is 271 g/mol. The minimum absolute atomic E-state index is 0.226. The van der Waals surface area contributed by atoms with Gasteiger partial charge in [-0.1, -0.05) is 11.6 Å². The Morgan fingerprint density at radius 1 is 1.50 bits per heavy atom. The number of aromatic nitrogens is 2. The zero-order chi connectivity index (χ0) is 13.3. The van der Waals surface area contributed by atoms with Crippen LogP contribution in [-0.2, 0) is 7.05 Å². The molecule has 0 amide bonds. The number of nitrogens with zero attached hydrogens (tertiary/aromatic N) is 3. The lowest BCUT2D eigenvalue weighted by atomic mass is 9.91. The van der Waals surface area contributed by atoms with Gasteiger partial charge in [-0.25, -0.2) is 4.68 Å². The molecule has 1 saturated heterocycles. The molecule has 1 fully saturated rings. The number of halogens is 1. The van der Waals surface area contributed by atoms with Gasteiger partial charge in [-0.3, -0.25) is 4.79 Å². The summed E-state index contributed by atoms with van der Waals surface area (Å²) in [7, 11) is 1.60. The van der Waals surface area contributed by atoms with Crippen LogP contribution in [-0.4, -0.2) is 28.9 Å². The van der Waals surface area contributed by atoms with E-state index in [0.29, 0.717) is 5.92 Å². The molecule has 0 radical (unpaired) electrons. The van der Waals surface area contributed by atoms with Crippen LogP contribution in [0.5, 0.6) is 0 Å². The second kappa shape index (κ2) is 5.28. The van der Waals surface area contributed by atoms with Gasteiger partial charge in [-0.2, -0.15) is 5.10 Å². The maximum atomic E-state index is 11.7. The quantitative estimate of drug-likeness (QED) is 0.871. The first-order chi connectivity index (χ1) is 8.50. The monoisotopic (exact) mass is 270 g/mol. The Bertz CT molecular complexity index is 477. The maximum Gasteiger partial charge on any atom is 0.287 e. The van der Waals surface area contributed by atoms with Gasteiger partial charge in [0.15, 0.2) is 0 Å². The number of piperidine rings is 1. The fraction of sp³-hybridized carbons (Fsp3) is 0.667. The molecule has 2 heterocycles. The van der Waals surface area contributed by atoms with Gasteiger partial charge in [0.1, 0.15) is 5.02 Å². The maximum absolute atomic E-state index is 11.7. The molecule has 6 heteroatoms. The molecule has 0 bridgehead atoms. The lowest BCUT2D eigenvalue weighted by Crippen LogP contribution is -2.40. The fourth-order valence-corrected chi connectivity index (χ4v) is 2.68. The number of aryl methyl sites for hydroxylation is 1. The van der Waals surface area contributed by atoms with E-state index in [1.165, 1.54) is 4.68 Å². The van der Waals surface area contributed by atoms with Crippen LogP contribution in [0, 0.1) is 5.92 Å². The van der Waals surface area contributed by atoms with Crippen molar-refractivity contribution in [3.63, 3.8) is 0 Å². The summed E-state index contributed by atoms with van der Waals surface area (Å²) in [5.41, 5.74) is 6.41. The molecule has 2 rings (SSSR count). The predicted molar refractivity (Wildman–Crippen MR) is 73.1 cm³/mol. The number of nitrogens with two attached hydrogens (primary N) is 1. The summed E-state index contributed by atoms with van der Waals surface area (Å²) in [6, 6.07) is 0.226. The summed E-state index contributed by atoms with van der Waals surface area (Å²) in [4.78, 5) is 13.8. The molecule has 1 aliphatic rings. The molecule has 2 N–H and O–H groups in total. The highest BCUT2D eigenvalue weighted by atomic mass is 35.5. The van der Waals surface area contributed by atoms with E-state index in [1.54, 1.807) is 13.2 Å². The van der Waals surface area contributed by atoms with Crippen LogP contribution in [0.15, 0.2) is 11.0 Å². The molecule has 1 unspecified atom stereocenters. The standard InChI is InChI=1S/C12H19ClN4O/c1-8(14)9-3-5-17(6-4-9)10-7-15-16(2)12(18)11(10)13/h7-9H,3-6,14H2,1-2H3. The smallest absolute Gasteiger partial charge is 0.287 e. The van der Waals surface area contributed by atoms with Gasteiger partial charge in [0.05, 0.1) is 11.9 Å². The van der Waals surface area contributed by atoms with Crippen molar-refractivity contribution < 1.29 is 0 Å². The summed E-state index contributed by atoms with van der Waals surface area (Å²) in [5.74, 6) is 0.555. The summed E-state index contributed by atoms with van der Waals surface area (Å²) in [6.45, 7) is 3.80. The van der Waals surface area contributed by atoms with Gasteiger partial charge >= 0.3 is 0 Å². The van der Waals surface area contributed by atoms with Gasteiger partial charge in [0.2, 0.25) is 0 Å². The molecule has 1 aromatic heterocycles. The van der Waals surface area contributed by atoms with Crippen molar-refractivity contribution in [3.8, 4) is 0 Å². The minimum Gasteiger partial charge on any atom is -0.369 e. The topological polar surface area (TPSA) is 64.2 Å². The normalized spacial score (nSPS) is 19.0. The van der Waals surface area contributed by atoms with Crippen molar-refractivity contribution in [2.45, 2.75) is 25.8 Å². The third kappa shape index (κ3) is 2.52. The van der Waals surface area contributed by atoms with Gasteiger partial charge in [-0.15, -0.1) is 0 Å².